The zero-order chi connectivity index (χ0) is 9.72. The summed E-state index contributed by atoms with van der Waals surface area (Å²) in [6, 6.07) is 0.424. The van der Waals surface area contributed by atoms with Crippen LogP contribution in [0.15, 0.2) is 0 Å². The zero-order valence-corrected chi connectivity index (χ0v) is 8.85. The predicted octanol–water partition coefficient (Wildman–Crippen LogP) is 1.85. The van der Waals surface area contributed by atoms with Crippen molar-refractivity contribution >= 4 is 5.78 Å². The minimum atomic E-state index is 0.150. The average Bonchev–Trinajstić information content (AvgIpc) is 1.98. The van der Waals surface area contributed by atoms with Crippen LogP contribution in [0.1, 0.15) is 34.6 Å². The molecule has 0 saturated heterocycles. The van der Waals surface area contributed by atoms with Gasteiger partial charge in [0.2, 0.25) is 0 Å². The van der Waals surface area contributed by atoms with Crippen LogP contribution in [0.3, 0.4) is 0 Å². The van der Waals surface area contributed by atoms with Crippen molar-refractivity contribution in [3.05, 3.63) is 0 Å². The number of carbonyl (C=O) groups excluding carboxylic acids is 1. The molecule has 12 heavy (non-hydrogen) atoms. The minimum Gasteiger partial charge on any atom is -0.307 e. The van der Waals surface area contributed by atoms with Gasteiger partial charge in [0.15, 0.2) is 0 Å². The molecule has 1 unspecified atom stereocenters. The lowest BCUT2D eigenvalue weighted by Crippen LogP contribution is -2.36. The van der Waals surface area contributed by atoms with Gasteiger partial charge in [0, 0.05) is 12.0 Å². The summed E-state index contributed by atoms with van der Waals surface area (Å²) in [5.74, 6) is 1.03. The fourth-order valence-corrected chi connectivity index (χ4v) is 0.701. The van der Waals surface area contributed by atoms with Gasteiger partial charge in [0.1, 0.15) is 5.78 Å². The maximum atomic E-state index is 11.2. The van der Waals surface area contributed by atoms with Gasteiger partial charge in [-0.05, 0) is 12.8 Å². The third-order valence-electron chi connectivity index (χ3n) is 2.24. The lowest BCUT2D eigenvalue weighted by molar-refractivity contribution is -0.121. The van der Waals surface area contributed by atoms with Crippen molar-refractivity contribution in [2.75, 3.05) is 6.54 Å². The third kappa shape index (κ3) is 4.50. The summed E-state index contributed by atoms with van der Waals surface area (Å²) in [5, 5.41) is 3.21. The fraction of sp³-hybridized carbons (Fsp3) is 0.900. The molecule has 0 spiro atoms. The van der Waals surface area contributed by atoms with Crippen LogP contribution in [0.4, 0.5) is 0 Å². The Bertz CT molecular complexity index is 141. The van der Waals surface area contributed by atoms with Gasteiger partial charge in [-0.15, -0.1) is 0 Å². The Morgan fingerprint density at radius 2 is 1.67 bits per heavy atom. The van der Waals surface area contributed by atoms with Crippen LogP contribution < -0.4 is 5.32 Å². The number of hydrogen-bond donors (Lipinski definition) is 1. The maximum Gasteiger partial charge on any atom is 0.149 e. The van der Waals surface area contributed by atoms with Crippen LogP contribution in [0, 0.1) is 11.8 Å². The second-order valence-electron chi connectivity index (χ2n) is 4.03. The van der Waals surface area contributed by atoms with Crippen molar-refractivity contribution in [1.82, 2.24) is 5.32 Å². The Morgan fingerprint density at radius 1 is 1.17 bits per heavy atom. The van der Waals surface area contributed by atoms with Crippen molar-refractivity contribution in [2.24, 2.45) is 11.8 Å². The topological polar surface area (TPSA) is 29.1 Å². The summed E-state index contributed by atoms with van der Waals surface area (Å²) >= 11 is 0. The molecule has 1 N–H and O–H groups in total. The lowest BCUT2D eigenvalue weighted by atomic mass is 10.1. The van der Waals surface area contributed by atoms with Crippen molar-refractivity contribution in [3.63, 3.8) is 0 Å². The van der Waals surface area contributed by atoms with Gasteiger partial charge in [0.05, 0.1) is 6.54 Å². The molecule has 2 heteroatoms. The summed E-state index contributed by atoms with van der Waals surface area (Å²) in [7, 11) is 0. The molecule has 1 atom stereocenters. The summed E-state index contributed by atoms with van der Waals surface area (Å²) < 4.78 is 0. The van der Waals surface area contributed by atoms with E-state index in [9.17, 15) is 4.79 Å². The number of Topliss-reactive ketones (excluding diaryl/α,β-unsaturated/α-hetero) is 1. The van der Waals surface area contributed by atoms with Gasteiger partial charge in [0.25, 0.3) is 0 Å². The Hall–Kier alpha value is -0.370. The summed E-state index contributed by atoms with van der Waals surface area (Å²) in [6.45, 7) is 10.8. The molecule has 0 aliphatic heterocycles. The van der Waals surface area contributed by atoms with Crippen LogP contribution in [-0.2, 0) is 4.79 Å². The SMILES string of the molecule is CC(C)C(=O)CNC(C)C(C)C. The number of nitrogens with one attached hydrogen (secondary N) is 1. The van der Waals surface area contributed by atoms with Crippen LogP contribution in [0.5, 0.6) is 0 Å². The third-order valence-corrected chi connectivity index (χ3v) is 2.24. The van der Waals surface area contributed by atoms with E-state index in [-0.39, 0.29) is 5.92 Å². The number of rotatable bonds is 5. The highest BCUT2D eigenvalue weighted by molar-refractivity contribution is 5.82. The van der Waals surface area contributed by atoms with E-state index < -0.39 is 0 Å². The van der Waals surface area contributed by atoms with E-state index in [0.29, 0.717) is 24.3 Å². The Morgan fingerprint density at radius 3 is 2.00 bits per heavy atom. The van der Waals surface area contributed by atoms with Gasteiger partial charge in [-0.1, -0.05) is 27.7 Å². The molecule has 72 valence electrons. The maximum absolute atomic E-state index is 11.2. The molecule has 0 heterocycles. The molecule has 2 nitrogen and oxygen atoms in total. The average molecular weight is 171 g/mol. The van der Waals surface area contributed by atoms with E-state index in [1.807, 2.05) is 13.8 Å². The van der Waals surface area contributed by atoms with Gasteiger partial charge >= 0.3 is 0 Å². The number of ketones is 1. The molecule has 0 rings (SSSR count). The predicted molar refractivity (Wildman–Crippen MR) is 52.1 cm³/mol. The van der Waals surface area contributed by atoms with E-state index in [2.05, 4.69) is 26.1 Å². The van der Waals surface area contributed by atoms with Crippen molar-refractivity contribution in [1.29, 1.82) is 0 Å². The molecule has 0 bridgehead atoms. The van der Waals surface area contributed by atoms with Crippen molar-refractivity contribution < 1.29 is 4.79 Å². The molecule has 0 aliphatic rings. The first-order chi connectivity index (χ1) is 5.45. The molecule has 0 aromatic heterocycles. The molecule has 0 aliphatic carbocycles. The van der Waals surface area contributed by atoms with E-state index in [1.165, 1.54) is 0 Å². The molecule has 0 aromatic rings. The van der Waals surface area contributed by atoms with Gasteiger partial charge in [-0.25, -0.2) is 0 Å². The summed E-state index contributed by atoms with van der Waals surface area (Å²) in [6.07, 6.45) is 0. The van der Waals surface area contributed by atoms with Gasteiger partial charge in [-0.3, -0.25) is 4.79 Å². The first kappa shape index (κ1) is 11.6. The Balaban J connectivity index is 3.61. The minimum absolute atomic E-state index is 0.150. The van der Waals surface area contributed by atoms with E-state index in [1.54, 1.807) is 0 Å². The smallest absolute Gasteiger partial charge is 0.149 e. The summed E-state index contributed by atoms with van der Waals surface area (Å²) in [5.41, 5.74) is 0. The highest BCUT2D eigenvalue weighted by Crippen LogP contribution is 2.00. The quantitative estimate of drug-likeness (QED) is 0.684. The molecule has 0 saturated carbocycles. The van der Waals surface area contributed by atoms with Crippen LogP contribution in [-0.4, -0.2) is 18.4 Å². The van der Waals surface area contributed by atoms with Crippen molar-refractivity contribution in [2.45, 2.75) is 40.7 Å². The Labute approximate surface area is 75.7 Å². The lowest BCUT2D eigenvalue weighted by Gasteiger charge is -2.17. The summed E-state index contributed by atoms with van der Waals surface area (Å²) in [4.78, 5) is 11.2. The van der Waals surface area contributed by atoms with Gasteiger partial charge < -0.3 is 5.32 Å². The highest BCUT2D eigenvalue weighted by Gasteiger charge is 2.10. The normalized spacial score (nSPS) is 13.9. The molecular weight excluding hydrogens is 150 g/mol. The van der Waals surface area contributed by atoms with Gasteiger partial charge in [-0.2, -0.15) is 0 Å². The number of carbonyl (C=O) groups is 1. The number of hydrogen-bond acceptors (Lipinski definition) is 2. The highest BCUT2D eigenvalue weighted by atomic mass is 16.1. The van der Waals surface area contributed by atoms with E-state index >= 15 is 0 Å². The zero-order valence-electron chi connectivity index (χ0n) is 8.85. The molecular formula is C10H21NO. The largest absolute Gasteiger partial charge is 0.307 e. The molecule has 0 fully saturated rings. The van der Waals surface area contributed by atoms with E-state index in [4.69, 9.17) is 0 Å². The fourth-order valence-electron chi connectivity index (χ4n) is 0.701. The monoisotopic (exact) mass is 171 g/mol. The molecule has 0 amide bonds. The second kappa shape index (κ2) is 5.31. The first-order valence-corrected chi connectivity index (χ1v) is 4.71. The first-order valence-electron chi connectivity index (χ1n) is 4.71. The van der Waals surface area contributed by atoms with Crippen LogP contribution in [0.2, 0.25) is 0 Å². The van der Waals surface area contributed by atoms with Crippen LogP contribution in [0.25, 0.3) is 0 Å². The molecule has 0 radical (unpaired) electrons. The Kier molecular flexibility index (Phi) is 5.14. The van der Waals surface area contributed by atoms with Crippen molar-refractivity contribution in [3.8, 4) is 0 Å². The standard InChI is InChI=1S/C10H21NO/c1-7(2)9(5)11-6-10(12)8(3)4/h7-9,11H,6H2,1-5H3. The second-order valence-corrected chi connectivity index (χ2v) is 4.03. The van der Waals surface area contributed by atoms with E-state index in [0.717, 1.165) is 0 Å². The van der Waals surface area contributed by atoms with Crippen LogP contribution >= 0.6 is 0 Å². The molecule has 0 aromatic carbocycles.